The van der Waals surface area contributed by atoms with Gasteiger partial charge in [-0.15, -0.1) is 0 Å². The van der Waals surface area contributed by atoms with Gasteiger partial charge in [-0.05, 0) is 73.7 Å². The lowest BCUT2D eigenvalue weighted by molar-refractivity contribution is 0.0713. The molecule has 0 saturated carbocycles. The largest absolute Gasteiger partial charge is 0.487 e. The Bertz CT molecular complexity index is 1330. The van der Waals surface area contributed by atoms with Gasteiger partial charge in [0.2, 0.25) is 0 Å². The number of fused-ring (bicyclic) bond motifs is 7. The van der Waals surface area contributed by atoms with Crippen molar-refractivity contribution in [2.45, 2.75) is 70.8 Å². The van der Waals surface area contributed by atoms with Crippen molar-refractivity contribution in [2.24, 2.45) is 0 Å². The minimum absolute atomic E-state index is 0.0481. The molecular formula is C26H28N2O. The first-order valence-electron chi connectivity index (χ1n) is 10.9. The van der Waals surface area contributed by atoms with Gasteiger partial charge in [0.1, 0.15) is 17.0 Å². The summed E-state index contributed by atoms with van der Waals surface area (Å²) in [7, 11) is 0. The highest BCUT2D eigenvalue weighted by molar-refractivity contribution is 5.99. The maximum atomic E-state index is 6.34. The molecule has 0 N–H and O–H groups in total. The lowest BCUT2D eigenvalue weighted by atomic mass is 9.74. The molecule has 148 valence electrons. The molecule has 1 aliphatic heterocycles. The van der Waals surface area contributed by atoms with Crippen LogP contribution in [0.3, 0.4) is 0 Å². The Morgan fingerprint density at radius 3 is 2.76 bits per heavy atom. The van der Waals surface area contributed by atoms with Gasteiger partial charge in [-0.25, -0.2) is 4.98 Å². The highest BCUT2D eigenvalue weighted by atomic mass is 16.5. The first kappa shape index (κ1) is 17.3. The third-order valence-corrected chi connectivity index (χ3v) is 7.98. The predicted molar refractivity (Wildman–Crippen MR) is 119 cm³/mol. The fourth-order valence-corrected chi connectivity index (χ4v) is 5.43. The second-order valence-electron chi connectivity index (χ2n) is 9.98. The standard InChI is InChI=1S/C26H28N2O/c1-6-15-7-8-16-12-19-17(11-18(15)16)9-10-28-22-13-20-23(14-21(22)27-24(19)28)29-26(4,5)25(20,2)3/h9-15H,6-8H2,1-5H3. The number of hydrogen-bond acceptors (Lipinski definition) is 2. The van der Waals surface area contributed by atoms with E-state index in [4.69, 9.17) is 9.72 Å². The van der Waals surface area contributed by atoms with Gasteiger partial charge in [-0.3, -0.25) is 4.40 Å². The monoisotopic (exact) mass is 384 g/mol. The Kier molecular flexibility index (Phi) is 3.18. The van der Waals surface area contributed by atoms with Gasteiger partial charge in [0, 0.05) is 28.6 Å². The van der Waals surface area contributed by atoms with E-state index in [-0.39, 0.29) is 11.0 Å². The molecule has 29 heavy (non-hydrogen) atoms. The van der Waals surface area contributed by atoms with Crippen molar-refractivity contribution in [3.63, 3.8) is 0 Å². The Balaban J connectivity index is 1.63. The van der Waals surface area contributed by atoms with E-state index in [9.17, 15) is 0 Å². The van der Waals surface area contributed by atoms with Crippen LogP contribution in [0.5, 0.6) is 5.75 Å². The van der Waals surface area contributed by atoms with Crippen LogP contribution in [0.1, 0.15) is 70.1 Å². The van der Waals surface area contributed by atoms with Gasteiger partial charge in [-0.2, -0.15) is 0 Å². The molecule has 0 radical (unpaired) electrons. The summed E-state index contributed by atoms with van der Waals surface area (Å²) >= 11 is 0. The van der Waals surface area contributed by atoms with Crippen molar-refractivity contribution in [1.82, 2.24) is 9.38 Å². The van der Waals surface area contributed by atoms with Crippen molar-refractivity contribution in [3.8, 4) is 5.75 Å². The smallest absolute Gasteiger partial charge is 0.145 e. The first-order chi connectivity index (χ1) is 13.8. The molecule has 2 aromatic heterocycles. The van der Waals surface area contributed by atoms with Gasteiger partial charge in [0.25, 0.3) is 0 Å². The molecule has 1 aliphatic carbocycles. The van der Waals surface area contributed by atoms with Crippen molar-refractivity contribution in [2.75, 3.05) is 0 Å². The zero-order chi connectivity index (χ0) is 20.1. The zero-order valence-corrected chi connectivity index (χ0v) is 18.0. The highest BCUT2D eigenvalue weighted by Gasteiger charge is 2.48. The molecule has 0 spiro atoms. The van der Waals surface area contributed by atoms with E-state index < -0.39 is 0 Å². The summed E-state index contributed by atoms with van der Waals surface area (Å²) in [5.41, 5.74) is 7.30. The fourth-order valence-electron chi connectivity index (χ4n) is 5.43. The molecule has 3 nitrogen and oxygen atoms in total. The van der Waals surface area contributed by atoms with E-state index in [1.54, 1.807) is 5.56 Å². The molecule has 0 fully saturated rings. The number of aromatic nitrogens is 2. The van der Waals surface area contributed by atoms with Gasteiger partial charge in [0.05, 0.1) is 11.0 Å². The summed E-state index contributed by atoms with van der Waals surface area (Å²) in [6.45, 7) is 11.2. The van der Waals surface area contributed by atoms with E-state index in [1.807, 2.05) is 0 Å². The maximum Gasteiger partial charge on any atom is 0.145 e. The quantitative estimate of drug-likeness (QED) is 0.373. The Hall–Kier alpha value is -2.55. The lowest BCUT2D eigenvalue weighted by Crippen LogP contribution is -2.41. The molecule has 2 aliphatic rings. The summed E-state index contributed by atoms with van der Waals surface area (Å²) in [5, 5.41) is 2.57. The normalized spacial score (nSPS) is 21.6. The van der Waals surface area contributed by atoms with Crippen molar-refractivity contribution in [1.29, 1.82) is 0 Å². The Morgan fingerprint density at radius 1 is 1.14 bits per heavy atom. The minimum atomic E-state index is -0.225. The first-order valence-corrected chi connectivity index (χ1v) is 10.9. The van der Waals surface area contributed by atoms with Crippen LogP contribution in [0.4, 0.5) is 0 Å². The van der Waals surface area contributed by atoms with E-state index in [2.05, 4.69) is 75.5 Å². The number of benzene rings is 2. The van der Waals surface area contributed by atoms with Crippen LogP contribution in [0.15, 0.2) is 36.5 Å². The highest BCUT2D eigenvalue weighted by Crippen LogP contribution is 2.50. The average Bonchev–Trinajstić information content (AvgIpc) is 3.29. The van der Waals surface area contributed by atoms with Crippen LogP contribution in [-0.2, 0) is 11.8 Å². The Morgan fingerprint density at radius 2 is 1.97 bits per heavy atom. The summed E-state index contributed by atoms with van der Waals surface area (Å²) in [4.78, 5) is 5.06. The molecule has 3 heterocycles. The van der Waals surface area contributed by atoms with Crippen LogP contribution >= 0.6 is 0 Å². The molecule has 0 amide bonds. The number of aryl methyl sites for hydroxylation is 1. The van der Waals surface area contributed by atoms with Crippen LogP contribution in [0.2, 0.25) is 0 Å². The van der Waals surface area contributed by atoms with E-state index in [1.165, 1.54) is 46.7 Å². The molecule has 0 saturated heterocycles. The predicted octanol–water partition coefficient (Wildman–Crippen LogP) is 6.53. The average molecular weight is 385 g/mol. The molecule has 6 rings (SSSR count). The van der Waals surface area contributed by atoms with Crippen molar-refractivity contribution >= 4 is 27.5 Å². The summed E-state index contributed by atoms with van der Waals surface area (Å²) < 4.78 is 8.60. The summed E-state index contributed by atoms with van der Waals surface area (Å²) in [6, 6.07) is 11.5. The van der Waals surface area contributed by atoms with Crippen LogP contribution in [-0.4, -0.2) is 15.0 Å². The van der Waals surface area contributed by atoms with Crippen molar-refractivity contribution in [3.05, 3.63) is 53.2 Å². The van der Waals surface area contributed by atoms with E-state index >= 15 is 0 Å². The molecule has 4 aromatic rings. The number of imidazole rings is 1. The number of pyridine rings is 1. The number of hydrogen-bond donors (Lipinski definition) is 0. The number of ether oxygens (including phenoxy) is 1. The lowest BCUT2D eigenvalue weighted by Gasteiger charge is -2.33. The fraction of sp³-hybridized carbons (Fsp3) is 0.423. The van der Waals surface area contributed by atoms with Gasteiger partial charge < -0.3 is 4.74 Å². The topological polar surface area (TPSA) is 26.5 Å². The van der Waals surface area contributed by atoms with Gasteiger partial charge >= 0.3 is 0 Å². The van der Waals surface area contributed by atoms with E-state index in [0.717, 1.165) is 22.8 Å². The molecule has 1 unspecified atom stereocenters. The second-order valence-corrected chi connectivity index (χ2v) is 9.98. The maximum absolute atomic E-state index is 6.34. The second kappa shape index (κ2) is 5.33. The van der Waals surface area contributed by atoms with Crippen LogP contribution in [0.25, 0.3) is 27.5 Å². The van der Waals surface area contributed by atoms with Gasteiger partial charge in [0.15, 0.2) is 0 Å². The Labute approximate surface area is 171 Å². The van der Waals surface area contributed by atoms with Crippen LogP contribution < -0.4 is 4.74 Å². The van der Waals surface area contributed by atoms with Crippen molar-refractivity contribution < 1.29 is 4.74 Å². The number of rotatable bonds is 1. The third-order valence-electron chi connectivity index (χ3n) is 7.98. The molecule has 2 aromatic carbocycles. The van der Waals surface area contributed by atoms with Crippen LogP contribution in [0, 0.1) is 0 Å². The molecule has 3 heteroatoms. The SMILES string of the molecule is CCC1CCc2cc3c(ccn4c5cc6c(cc5nc34)OC(C)(C)C6(C)C)cc21. The summed E-state index contributed by atoms with van der Waals surface area (Å²) in [5.74, 6) is 1.70. The number of nitrogens with zero attached hydrogens (tertiary/aromatic N) is 2. The summed E-state index contributed by atoms with van der Waals surface area (Å²) in [6.07, 6.45) is 5.89. The van der Waals surface area contributed by atoms with Gasteiger partial charge in [-0.1, -0.05) is 26.8 Å². The van der Waals surface area contributed by atoms with E-state index in [0.29, 0.717) is 0 Å². The molecule has 1 atom stereocenters. The molecular weight excluding hydrogens is 356 g/mol. The third kappa shape index (κ3) is 2.11. The minimum Gasteiger partial charge on any atom is -0.487 e. The molecule has 0 bridgehead atoms. The zero-order valence-electron chi connectivity index (χ0n) is 18.0.